The van der Waals surface area contributed by atoms with Gasteiger partial charge in [0.25, 0.3) is 5.91 Å². The Labute approximate surface area is 227 Å². The van der Waals surface area contributed by atoms with Gasteiger partial charge in [-0.3, -0.25) is 14.4 Å². The summed E-state index contributed by atoms with van der Waals surface area (Å²) in [7, 11) is 3.55. The number of nitrogens with zero attached hydrogens (tertiary/aromatic N) is 2. The van der Waals surface area contributed by atoms with Gasteiger partial charge in [-0.2, -0.15) is 0 Å². The van der Waals surface area contributed by atoms with Crippen LogP contribution in [0.4, 0.5) is 0 Å². The molecule has 0 aromatic heterocycles. The fourth-order valence-electron chi connectivity index (χ4n) is 5.38. The molecule has 9 heteroatoms. The van der Waals surface area contributed by atoms with Crippen molar-refractivity contribution in [3.8, 4) is 5.75 Å². The maximum atomic E-state index is 13.0. The van der Waals surface area contributed by atoms with Crippen molar-refractivity contribution < 1.29 is 23.9 Å². The Bertz CT molecular complexity index is 932. The second-order valence-electron chi connectivity index (χ2n) is 10.7. The van der Waals surface area contributed by atoms with Crippen molar-refractivity contribution in [1.29, 1.82) is 0 Å². The third-order valence-corrected chi connectivity index (χ3v) is 7.92. The summed E-state index contributed by atoms with van der Waals surface area (Å²) >= 11 is 0. The third-order valence-electron chi connectivity index (χ3n) is 7.92. The van der Waals surface area contributed by atoms with Gasteiger partial charge in [-0.05, 0) is 54.7 Å². The summed E-state index contributed by atoms with van der Waals surface area (Å²) in [5.74, 6) is 1.80. The first kappa shape index (κ1) is 29.9. The highest BCUT2D eigenvalue weighted by Gasteiger charge is 2.30. The zero-order chi connectivity index (χ0) is 27.5. The van der Waals surface area contributed by atoms with Gasteiger partial charge in [0, 0.05) is 85.4 Å². The van der Waals surface area contributed by atoms with E-state index in [0.717, 1.165) is 63.2 Å². The zero-order valence-corrected chi connectivity index (χ0v) is 23.6. The fourth-order valence-corrected chi connectivity index (χ4v) is 5.38. The van der Waals surface area contributed by atoms with Crippen LogP contribution in [0, 0.1) is 17.8 Å². The summed E-state index contributed by atoms with van der Waals surface area (Å²) in [6.45, 7) is 9.23. The summed E-state index contributed by atoms with van der Waals surface area (Å²) in [6, 6.07) is 5.65. The molecule has 9 nitrogen and oxygen atoms in total. The van der Waals surface area contributed by atoms with Gasteiger partial charge < -0.3 is 29.9 Å². The lowest BCUT2D eigenvalue weighted by atomic mass is 9.92. The first-order valence-electron chi connectivity index (χ1n) is 14.0. The number of methoxy groups -OCH3 is 1. The summed E-state index contributed by atoms with van der Waals surface area (Å²) in [5, 5.41) is 6.53. The number of aryl methyl sites for hydroxylation is 1. The second kappa shape index (κ2) is 15.1. The van der Waals surface area contributed by atoms with E-state index in [-0.39, 0.29) is 29.6 Å². The van der Waals surface area contributed by atoms with E-state index in [2.05, 4.69) is 17.6 Å². The zero-order valence-electron chi connectivity index (χ0n) is 23.6. The van der Waals surface area contributed by atoms with Crippen LogP contribution < -0.4 is 15.4 Å². The number of hydrogen-bond acceptors (Lipinski definition) is 6. The molecule has 0 saturated carbocycles. The highest BCUT2D eigenvalue weighted by Crippen LogP contribution is 2.24. The van der Waals surface area contributed by atoms with E-state index in [4.69, 9.17) is 9.47 Å². The Hall–Kier alpha value is -2.65. The van der Waals surface area contributed by atoms with E-state index in [0.29, 0.717) is 44.2 Å². The molecule has 0 aliphatic carbocycles. The molecule has 3 amide bonds. The van der Waals surface area contributed by atoms with Crippen LogP contribution in [0.1, 0.15) is 55.5 Å². The lowest BCUT2D eigenvalue weighted by Crippen LogP contribution is -2.41. The third kappa shape index (κ3) is 8.70. The Morgan fingerprint density at radius 3 is 2.55 bits per heavy atom. The Kier molecular flexibility index (Phi) is 11.9. The van der Waals surface area contributed by atoms with Crippen molar-refractivity contribution in [3.05, 3.63) is 29.3 Å². The van der Waals surface area contributed by atoms with Crippen LogP contribution in [0.2, 0.25) is 0 Å². The molecule has 2 atom stereocenters. The van der Waals surface area contributed by atoms with Crippen LogP contribution >= 0.6 is 0 Å². The molecule has 3 rings (SSSR count). The highest BCUT2D eigenvalue weighted by molar-refractivity contribution is 5.94. The number of rotatable bonds is 13. The van der Waals surface area contributed by atoms with E-state index < -0.39 is 0 Å². The molecule has 1 aromatic carbocycles. The van der Waals surface area contributed by atoms with Gasteiger partial charge in [0.1, 0.15) is 5.75 Å². The fraction of sp³-hybridized carbons (Fsp3) is 0.690. The number of benzene rings is 1. The van der Waals surface area contributed by atoms with Crippen LogP contribution in [0.3, 0.4) is 0 Å². The van der Waals surface area contributed by atoms with Gasteiger partial charge >= 0.3 is 0 Å². The Morgan fingerprint density at radius 2 is 1.87 bits per heavy atom. The summed E-state index contributed by atoms with van der Waals surface area (Å²) in [5.41, 5.74) is 1.67. The molecule has 1 aromatic rings. The number of carbonyl (C=O) groups excluding carboxylic acids is 3. The number of amides is 3. The van der Waals surface area contributed by atoms with Crippen LogP contribution in [-0.4, -0.2) is 94.2 Å². The minimum Gasteiger partial charge on any atom is -0.493 e. The molecule has 2 heterocycles. The molecular formula is C29H46N4O5. The molecule has 0 radical (unpaired) electrons. The van der Waals surface area contributed by atoms with Gasteiger partial charge in [0.15, 0.2) is 0 Å². The second-order valence-corrected chi connectivity index (χ2v) is 10.7. The van der Waals surface area contributed by atoms with E-state index >= 15 is 0 Å². The van der Waals surface area contributed by atoms with Crippen molar-refractivity contribution >= 4 is 17.7 Å². The van der Waals surface area contributed by atoms with E-state index in [1.165, 1.54) is 0 Å². The van der Waals surface area contributed by atoms with Gasteiger partial charge in [0.2, 0.25) is 11.8 Å². The molecule has 212 valence electrons. The molecule has 2 aliphatic rings. The maximum Gasteiger partial charge on any atom is 0.251 e. The molecule has 2 saturated heterocycles. The number of carbonyl (C=O) groups is 3. The normalized spacial score (nSPS) is 19.8. The molecule has 0 spiro atoms. The molecule has 0 bridgehead atoms. The molecule has 2 fully saturated rings. The molecule has 2 aliphatic heterocycles. The quantitative estimate of drug-likeness (QED) is 0.380. The molecule has 2 N–H and O–H groups in total. The van der Waals surface area contributed by atoms with Gasteiger partial charge in [-0.1, -0.05) is 13.0 Å². The van der Waals surface area contributed by atoms with E-state index in [1.807, 2.05) is 35.0 Å². The number of ether oxygens (including phenoxy) is 2. The van der Waals surface area contributed by atoms with Crippen LogP contribution in [0.15, 0.2) is 18.2 Å². The molecule has 0 unspecified atom stereocenters. The van der Waals surface area contributed by atoms with Crippen molar-refractivity contribution in [2.45, 2.75) is 46.0 Å². The van der Waals surface area contributed by atoms with Crippen LogP contribution in [0.5, 0.6) is 5.75 Å². The molecule has 38 heavy (non-hydrogen) atoms. The van der Waals surface area contributed by atoms with Crippen LogP contribution in [0.25, 0.3) is 0 Å². The van der Waals surface area contributed by atoms with Crippen molar-refractivity contribution in [1.82, 2.24) is 20.4 Å². The lowest BCUT2D eigenvalue weighted by molar-refractivity contribution is -0.132. The predicted molar refractivity (Wildman–Crippen MR) is 147 cm³/mol. The first-order valence-corrected chi connectivity index (χ1v) is 14.0. The average molecular weight is 531 g/mol. The smallest absolute Gasteiger partial charge is 0.251 e. The predicted octanol–water partition coefficient (Wildman–Crippen LogP) is 2.34. The monoisotopic (exact) mass is 530 g/mol. The minimum atomic E-state index is -0.110. The lowest BCUT2D eigenvalue weighted by Gasteiger charge is -2.32. The van der Waals surface area contributed by atoms with Crippen molar-refractivity contribution in [3.63, 3.8) is 0 Å². The summed E-state index contributed by atoms with van der Waals surface area (Å²) < 4.78 is 11.0. The highest BCUT2D eigenvalue weighted by atomic mass is 16.5. The van der Waals surface area contributed by atoms with Crippen LogP contribution in [-0.2, 0) is 20.7 Å². The number of likely N-dealkylation sites (tertiary alicyclic amines) is 1. The SMILES string of the molecule is CCc1ccc(C(=O)NC[C@@H]2CNC[C@H]2CN(C)C(=O)CC2CCN(C(C)=O)CC2)cc1OCCCOC. The van der Waals surface area contributed by atoms with Gasteiger partial charge in [-0.25, -0.2) is 0 Å². The topological polar surface area (TPSA) is 100 Å². The minimum absolute atomic E-state index is 0.110. The van der Waals surface area contributed by atoms with Gasteiger partial charge in [-0.15, -0.1) is 0 Å². The largest absolute Gasteiger partial charge is 0.493 e. The average Bonchev–Trinajstić information content (AvgIpc) is 3.36. The maximum absolute atomic E-state index is 13.0. The van der Waals surface area contributed by atoms with E-state index in [9.17, 15) is 14.4 Å². The number of hydrogen-bond donors (Lipinski definition) is 2. The standard InChI is InChI=1S/C29H46N4O5/c1-5-23-7-8-24(16-27(23)38-14-6-13-37-4)29(36)31-19-25-17-30-18-26(25)20-32(3)28(35)15-22-9-11-33(12-10-22)21(2)34/h7-8,16,22,25-26,30H,5-6,9-15,17-20H2,1-4H3,(H,31,36)/t25-,26-/m0/s1. The van der Waals surface area contributed by atoms with E-state index in [1.54, 1.807) is 14.0 Å². The first-order chi connectivity index (χ1) is 18.3. The number of nitrogens with one attached hydrogen (secondary N) is 2. The Balaban J connectivity index is 1.46. The van der Waals surface area contributed by atoms with Crippen molar-refractivity contribution in [2.24, 2.45) is 17.8 Å². The van der Waals surface area contributed by atoms with Gasteiger partial charge in [0.05, 0.1) is 6.61 Å². The number of piperidine rings is 1. The van der Waals surface area contributed by atoms with Crippen molar-refractivity contribution in [2.75, 3.05) is 66.6 Å². The molecular weight excluding hydrogens is 484 g/mol. The Morgan fingerprint density at radius 1 is 1.13 bits per heavy atom. The summed E-state index contributed by atoms with van der Waals surface area (Å²) in [4.78, 5) is 41.1. The summed E-state index contributed by atoms with van der Waals surface area (Å²) in [6.07, 6.45) is 3.94.